The average Bonchev–Trinajstić information content (AvgIpc) is 2.44. The molecule has 0 atom stereocenters. The van der Waals surface area contributed by atoms with Crippen LogP contribution in [0.15, 0.2) is 48.5 Å². The number of benzene rings is 2. The van der Waals surface area contributed by atoms with Crippen molar-refractivity contribution in [3.63, 3.8) is 0 Å². The Hall–Kier alpha value is -2.22. The molecule has 2 aromatic carbocycles. The van der Waals surface area contributed by atoms with Gasteiger partial charge in [-0.1, -0.05) is 59.7 Å². The predicted octanol–water partition coefficient (Wildman–Crippen LogP) is 3.62. The van der Waals surface area contributed by atoms with E-state index < -0.39 is 0 Å². The van der Waals surface area contributed by atoms with Crippen LogP contribution in [-0.4, -0.2) is 11.6 Å². The molecule has 0 aliphatic carbocycles. The molecule has 0 amide bonds. The number of ketones is 2. The maximum Gasteiger partial charge on any atom is 0.144 e. The van der Waals surface area contributed by atoms with E-state index in [2.05, 4.69) is 0 Å². The van der Waals surface area contributed by atoms with Crippen LogP contribution in [0.3, 0.4) is 0 Å². The second-order valence-electron chi connectivity index (χ2n) is 5.58. The van der Waals surface area contributed by atoms with Gasteiger partial charge >= 0.3 is 0 Å². The largest absolute Gasteiger partial charge is 0.299 e. The van der Waals surface area contributed by atoms with Gasteiger partial charge in [-0.25, -0.2) is 0 Å². The minimum Gasteiger partial charge on any atom is -0.299 e. The molecule has 0 aliphatic heterocycles. The summed E-state index contributed by atoms with van der Waals surface area (Å²) in [5, 5.41) is 0. The normalized spacial score (nSPS) is 10.4. The summed E-state index contributed by atoms with van der Waals surface area (Å²) in [6.07, 6.45) is 0.682. The van der Waals surface area contributed by atoms with E-state index in [1.165, 1.54) is 11.1 Å². The van der Waals surface area contributed by atoms with Crippen LogP contribution in [0, 0.1) is 13.8 Å². The van der Waals surface area contributed by atoms with Gasteiger partial charge in [-0.3, -0.25) is 9.59 Å². The van der Waals surface area contributed by atoms with Crippen LogP contribution >= 0.6 is 0 Å². The zero-order valence-electron chi connectivity index (χ0n) is 12.6. The minimum absolute atomic E-state index is 0.0156. The Bertz CT molecular complexity index is 564. The Labute approximate surface area is 125 Å². The molecule has 2 rings (SSSR count). The number of Topliss-reactive ketones (excluding diaryl/α,β-unsaturated/α-hetero) is 2. The van der Waals surface area contributed by atoms with Crippen molar-refractivity contribution in [2.24, 2.45) is 0 Å². The van der Waals surface area contributed by atoms with E-state index in [-0.39, 0.29) is 18.0 Å². The molecule has 0 N–H and O–H groups in total. The molecule has 108 valence electrons. The number of hydrogen-bond donors (Lipinski definition) is 0. The lowest BCUT2D eigenvalue weighted by atomic mass is 10.0. The summed E-state index contributed by atoms with van der Waals surface area (Å²) in [6.45, 7) is 4.02. The highest BCUT2D eigenvalue weighted by molar-refractivity contribution is 6.00. The van der Waals surface area contributed by atoms with Gasteiger partial charge in [0.05, 0.1) is 6.42 Å². The zero-order chi connectivity index (χ0) is 15.2. The van der Waals surface area contributed by atoms with Gasteiger partial charge in [0.2, 0.25) is 0 Å². The van der Waals surface area contributed by atoms with Gasteiger partial charge in [0.1, 0.15) is 11.6 Å². The van der Waals surface area contributed by atoms with Gasteiger partial charge in [-0.05, 0) is 25.0 Å². The molecule has 0 spiro atoms. The first-order valence-electron chi connectivity index (χ1n) is 7.17. The quantitative estimate of drug-likeness (QED) is 0.757. The first-order valence-corrected chi connectivity index (χ1v) is 7.17. The van der Waals surface area contributed by atoms with Crippen LogP contribution in [-0.2, 0) is 22.4 Å². The van der Waals surface area contributed by atoms with E-state index in [0.717, 1.165) is 11.1 Å². The van der Waals surface area contributed by atoms with Gasteiger partial charge in [-0.15, -0.1) is 0 Å². The highest BCUT2D eigenvalue weighted by atomic mass is 16.1. The number of carbonyl (C=O) groups is 2. The Morgan fingerprint density at radius 3 is 1.33 bits per heavy atom. The molecule has 0 aliphatic rings. The third-order valence-electron chi connectivity index (χ3n) is 3.44. The van der Waals surface area contributed by atoms with Crippen molar-refractivity contribution < 1.29 is 9.59 Å². The molecule has 0 saturated carbocycles. The van der Waals surface area contributed by atoms with E-state index in [0.29, 0.717) is 12.8 Å². The van der Waals surface area contributed by atoms with Crippen LogP contribution in [0.4, 0.5) is 0 Å². The second-order valence-corrected chi connectivity index (χ2v) is 5.58. The van der Waals surface area contributed by atoms with Gasteiger partial charge in [0, 0.05) is 12.8 Å². The molecule has 0 bridgehead atoms. The summed E-state index contributed by atoms with van der Waals surface area (Å²) in [4.78, 5) is 23.9. The highest BCUT2D eigenvalue weighted by Gasteiger charge is 2.11. The van der Waals surface area contributed by atoms with Crippen LogP contribution in [0.5, 0.6) is 0 Å². The van der Waals surface area contributed by atoms with E-state index >= 15 is 0 Å². The fourth-order valence-electron chi connectivity index (χ4n) is 2.21. The third-order valence-corrected chi connectivity index (χ3v) is 3.44. The highest BCUT2D eigenvalue weighted by Crippen LogP contribution is 2.08. The molecule has 2 aromatic rings. The maximum atomic E-state index is 11.9. The van der Waals surface area contributed by atoms with Gasteiger partial charge < -0.3 is 0 Å². The topological polar surface area (TPSA) is 34.1 Å². The Kier molecular flexibility index (Phi) is 5.04. The number of carbonyl (C=O) groups excluding carboxylic acids is 2. The summed E-state index contributed by atoms with van der Waals surface area (Å²) >= 11 is 0. The van der Waals surface area contributed by atoms with Gasteiger partial charge in [0.15, 0.2) is 0 Å². The molecule has 0 aromatic heterocycles. The van der Waals surface area contributed by atoms with Crippen molar-refractivity contribution in [1.82, 2.24) is 0 Å². The summed E-state index contributed by atoms with van der Waals surface area (Å²) in [7, 11) is 0. The molecule has 0 unspecified atom stereocenters. The standard InChI is InChI=1S/C19H20O2/c1-14-3-7-16(8-4-14)11-18(20)13-19(21)12-17-9-5-15(2)6-10-17/h3-10H,11-13H2,1-2H3. The van der Waals surface area contributed by atoms with Crippen LogP contribution in [0.25, 0.3) is 0 Å². The maximum absolute atomic E-state index is 11.9. The number of hydrogen-bond acceptors (Lipinski definition) is 2. The lowest BCUT2D eigenvalue weighted by molar-refractivity contribution is -0.126. The molecular weight excluding hydrogens is 260 g/mol. The third kappa shape index (κ3) is 4.99. The molecule has 0 radical (unpaired) electrons. The first-order chi connectivity index (χ1) is 10.0. The van der Waals surface area contributed by atoms with Crippen molar-refractivity contribution in [3.05, 3.63) is 70.8 Å². The van der Waals surface area contributed by atoms with E-state index in [9.17, 15) is 9.59 Å². The Balaban J connectivity index is 1.85. The van der Waals surface area contributed by atoms with Crippen molar-refractivity contribution in [2.75, 3.05) is 0 Å². The van der Waals surface area contributed by atoms with E-state index in [1.54, 1.807) is 0 Å². The fourth-order valence-corrected chi connectivity index (χ4v) is 2.21. The average molecular weight is 280 g/mol. The SMILES string of the molecule is Cc1ccc(CC(=O)CC(=O)Cc2ccc(C)cc2)cc1. The van der Waals surface area contributed by atoms with E-state index in [1.807, 2.05) is 62.4 Å². The summed E-state index contributed by atoms with van der Waals surface area (Å²) in [5.41, 5.74) is 4.27. The van der Waals surface area contributed by atoms with Gasteiger partial charge in [0.25, 0.3) is 0 Å². The van der Waals surface area contributed by atoms with Crippen molar-refractivity contribution in [3.8, 4) is 0 Å². The van der Waals surface area contributed by atoms with Crippen LogP contribution in [0.2, 0.25) is 0 Å². The van der Waals surface area contributed by atoms with E-state index in [4.69, 9.17) is 0 Å². The number of rotatable bonds is 6. The molecule has 0 fully saturated rings. The Morgan fingerprint density at radius 1 is 0.667 bits per heavy atom. The monoisotopic (exact) mass is 280 g/mol. The fraction of sp³-hybridized carbons (Fsp3) is 0.263. The summed E-state index contributed by atoms with van der Waals surface area (Å²) in [6, 6.07) is 15.7. The van der Waals surface area contributed by atoms with Gasteiger partial charge in [-0.2, -0.15) is 0 Å². The number of aryl methyl sites for hydroxylation is 2. The Morgan fingerprint density at radius 2 is 1.00 bits per heavy atom. The smallest absolute Gasteiger partial charge is 0.144 e. The second kappa shape index (κ2) is 6.98. The molecule has 2 nitrogen and oxygen atoms in total. The van der Waals surface area contributed by atoms with Crippen molar-refractivity contribution >= 4 is 11.6 Å². The van der Waals surface area contributed by atoms with Crippen molar-refractivity contribution in [1.29, 1.82) is 0 Å². The van der Waals surface area contributed by atoms with Crippen LogP contribution < -0.4 is 0 Å². The minimum atomic E-state index is -0.0176. The lowest BCUT2D eigenvalue weighted by Gasteiger charge is -2.03. The van der Waals surface area contributed by atoms with Crippen molar-refractivity contribution in [2.45, 2.75) is 33.1 Å². The van der Waals surface area contributed by atoms with Crippen LogP contribution in [0.1, 0.15) is 28.7 Å². The molecular formula is C19H20O2. The molecule has 21 heavy (non-hydrogen) atoms. The summed E-state index contributed by atoms with van der Waals surface area (Å²) < 4.78 is 0. The summed E-state index contributed by atoms with van der Waals surface area (Å²) in [5.74, 6) is -0.0353. The first kappa shape index (κ1) is 15.2. The molecule has 0 heterocycles. The zero-order valence-corrected chi connectivity index (χ0v) is 12.6. The molecule has 2 heteroatoms. The predicted molar refractivity (Wildman–Crippen MR) is 84.4 cm³/mol. The molecule has 0 saturated heterocycles. The lowest BCUT2D eigenvalue weighted by Crippen LogP contribution is -2.12.